The number of nitrogens with zero attached hydrogens (tertiary/aromatic N) is 2. The van der Waals surface area contributed by atoms with Crippen molar-refractivity contribution in [3.8, 4) is 0 Å². The molecular formula is C26H23KN4O3. The van der Waals surface area contributed by atoms with E-state index in [0.29, 0.717) is 6.54 Å². The maximum Gasteiger partial charge on any atom is 1.00 e. The van der Waals surface area contributed by atoms with Crippen LogP contribution in [0.25, 0.3) is 11.0 Å². The topological polar surface area (TPSA) is 99.1 Å². The number of carbonyl (C=O) groups excluding carboxylic acids is 2. The zero-order chi connectivity index (χ0) is 22.8. The fourth-order valence-corrected chi connectivity index (χ4v) is 4.44. The number of nitrogens with one attached hydrogen (secondary N) is 2. The van der Waals surface area contributed by atoms with Crippen LogP contribution in [0, 0.1) is 0 Å². The molecule has 2 amide bonds. The second kappa shape index (κ2) is 10.4. The SMILES string of the molecule is O=C(NCc1ccc(Cn2cnc3ccccc32)cc1)NC1(C(=O)[O-])Cc2ccccc2C1.[K+]. The number of urea groups is 1. The molecule has 0 unspecified atom stereocenters. The standard InChI is InChI=1S/C26H24N4O3.K/c31-24(32)26(13-20-5-1-2-6-21(20)14-26)29-25(33)27-15-18-9-11-19(12-10-18)16-30-17-28-22-7-3-4-8-23(22)30;/h1-12,17H,13-16H2,(H,31,32)(H2,27,29,33);/q;+1/p-1. The van der Waals surface area contributed by atoms with Gasteiger partial charge in [-0.3, -0.25) is 0 Å². The van der Waals surface area contributed by atoms with Crippen LogP contribution in [-0.2, 0) is 30.7 Å². The van der Waals surface area contributed by atoms with E-state index in [1.54, 1.807) is 0 Å². The molecule has 3 aromatic carbocycles. The third-order valence-electron chi connectivity index (χ3n) is 6.20. The predicted molar refractivity (Wildman–Crippen MR) is 122 cm³/mol. The Morgan fingerprint density at radius 1 is 0.912 bits per heavy atom. The van der Waals surface area contributed by atoms with Crippen LogP contribution < -0.4 is 67.1 Å². The van der Waals surface area contributed by atoms with Gasteiger partial charge in [-0.05, 0) is 34.4 Å². The molecule has 0 fully saturated rings. The van der Waals surface area contributed by atoms with E-state index in [0.717, 1.165) is 33.3 Å². The maximum atomic E-state index is 12.5. The van der Waals surface area contributed by atoms with Gasteiger partial charge in [0, 0.05) is 25.9 Å². The van der Waals surface area contributed by atoms with Crippen LogP contribution in [0.2, 0.25) is 0 Å². The zero-order valence-electron chi connectivity index (χ0n) is 19.0. The summed E-state index contributed by atoms with van der Waals surface area (Å²) in [6.45, 7) is 0.986. The number of carboxylic acids is 1. The summed E-state index contributed by atoms with van der Waals surface area (Å²) in [6.07, 6.45) is 2.27. The minimum atomic E-state index is -1.43. The van der Waals surface area contributed by atoms with Crippen molar-refractivity contribution in [2.24, 2.45) is 0 Å². The Morgan fingerprint density at radius 2 is 1.53 bits per heavy atom. The van der Waals surface area contributed by atoms with Crippen molar-refractivity contribution < 1.29 is 66.1 Å². The van der Waals surface area contributed by atoms with Gasteiger partial charge in [-0.25, -0.2) is 9.78 Å². The van der Waals surface area contributed by atoms with Crippen LogP contribution >= 0.6 is 0 Å². The first-order chi connectivity index (χ1) is 16.0. The molecule has 166 valence electrons. The molecule has 0 radical (unpaired) electrons. The fourth-order valence-electron chi connectivity index (χ4n) is 4.44. The smallest absolute Gasteiger partial charge is 0.548 e. The van der Waals surface area contributed by atoms with E-state index in [1.807, 2.05) is 79.1 Å². The average molecular weight is 479 g/mol. The molecule has 5 rings (SSSR count). The minimum absolute atomic E-state index is 0. The van der Waals surface area contributed by atoms with E-state index in [1.165, 1.54) is 0 Å². The molecule has 0 spiro atoms. The molecule has 0 saturated heterocycles. The molecule has 0 atom stereocenters. The molecule has 7 nitrogen and oxygen atoms in total. The third-order valence-corrected chi connectivity index (χ3v) is 6.20. The van der Waals surface area contributed by atoms with Gasteiger partial charge in [0.25, 0.3) is 0 Å². The predicted octanol–water partition coefficient (Wildman–Crippen LogP) is -0.825. The Bertz CT molecular complexity index is 1310. The van der Waals surface area contributed by atoms with Crippen molar-refractivity contribution in [3.63, 3.8) is 0 Å². The second-order valence-corrected chi connectivity index (χ2v) is 8.48. The van der Waals surface area contributed by atoms with E-state index in [2.05, 4.69) is 20.2 Å². The number of rotatable bonds is 6. The Kier molecular flexibility index (Phi) is 7.54. The van der Waals surface area contributed by atoms with Crippen LogP contribution in [0.1, 0.15) is 22.3 Å². The van der Waals surface area contributed by atoms with E-state index in [4.69, 9.17) is 0 Å². The second-order valence-electron chi connectivity index (χ2n) is 8.48. The molecule has 1 aliphatic carbocycles. The quantitative estimate of drug-likeness (QED) is 0.354. The van der Waals surface area contributed by atoms with Gasteiger partial charge in [-0.2, -0.15) is 0 Å². The summed E-state index contributed by atoms with van der Waals surface area (Å²) >= 11 is 0. The number of amides is 2. The number of para-hydroxylation sites is 2. The van der Waals surface area contributed by atoms with Gasteiger partial charge in [-0.15, -0.1) is 0 Å². The summed E-state index contributed by atoms with van der Waals surface area (Å²) in [6, 6.07) is 22.9. The van der Waals surface area contributed by atoms with Crippen molar-refractivity contribution in [1.29, 1.82) is 0 Å². The summed E-state index contributed by atoms with van der Waals surface area (Å²) in [5, 5.41) is 17.3. The van der Waals surface area contributed by atoms with Crippen LogP contribution in [0.15, 0.2) is 79.1 Å². The molecule has 0 saturated carbocycles. The number of carboxylic acid groups (broad SMARTS) is 1. The monoisotopic (exact) mass is 478 g/mol. The number of aliphatic carboxylic acids is 1. The average Bonchev–Trinajstić information content (AvgIpc) is 3.40. The normalized spacial score (nSPS) is 13.6. The minimum Gasteiger partial charge on any atom is -0.548 e. The first-order valence-corrected chi connectivity index (χ1v) is 10.8. The van der Waals surface area contributed by atoms with Crippen molar-refractivity contribution in [2.75, 3.05) is 0 Å². The first kappa shape index (κ1) is 24.6. The number of hydrogen-bond acceptors (Lipinski definition) is 4. The Labute approximate surface area is 240 Å². The molecule has 0 aliphatic heterocycles. The summed E-state index contributed by atoms with van der Waals surface area (Å²) in [7, 11) is 0. The van der Waals surface area contributed by atoms with Crippen molar-refractivity contribution >= 4 is 23.0 Å². The Balaban J connectivity index is 0.00000274. The summed E-state index contributed by atoms with van der Waals surface area (Å²) in [4.78, 5) is 28.8. The Morgan fingerprint density at radius 3 is 2.21 bits per heavy atom. The molecule has 2 N–H and O–H groups in total. The molecule has 0 bridgehead atoms. The number of aromatic nitrogens is 2. The van der Waals surface area contributed by atoms with Gasteiger partial charge < -0.3 is 25.1 Å². The number of carbonyl (C=O) groups is 2. The largest absolute Gasteiger partial charge is 1.00 e. The first-order valence-electron chi connectivity index (χ1n) is 10.8. The molecule has 4 aromatic rings. The van der Waals surface area contributed by atoms with E-state index in [9.17, 15) is 14.7 Å². The van der Waals surface area contributed by atoms with E-state index < -0.39 is 17.5 Å². The summed E-state index contributed by atoms with van der Waals surface area (Å²) < 4.78 is 2.09. The summed E-state index contributed by atoms with van der Waals surface area (Å²) in [5.41, 5.74) is 4.49. The van der Waals surface area contributed by atoms with Gasteiger partial charge in [0.15, 0.2) is 0 Å². The van der Waals surface area contributed by atoms with Crippen molar-refractivity contribution in [3.05, 3.63) is 101 Å². The number of benzene rings is 3. The molecule has 1 heterocycles. The Hall–Kier alpha value is -2.49. The fraction of sp³-hybridized carbons (Fsp3) is 0.192. The van der Waals surface area contributed by atoms with E-state index >= 15 is 0 Å². The van der Waals surface area contributed by atoms with Crippen LogP contribution in [0.4, 0.5) is 4.79 Å². The van der Waals surface area contributed by atoms with Crippen LogP contribution in [0.5, 0.6) is 0 Å². The number of fused-ring (bicyclic) bond motifs is 2. The van der Waals surface area contributed by atoms with Gasteiger partial charge >= 0.3 is 57.4 Å². The molecule has 1 aliphatic rings. The summed E-state index contributed by atoms with van der Waals surface area (Å²) in [5.74, 6) is -1.27. The third kappa shape index (κ3) is 5.11. The van der Waals surface area contributed by atoms with E-state index in [-0.39, 0.29) is 70.8 Å². The zero-order valence-corrected chi connectivity index (χ0v) is 22.1. The van der Waals surface area contributed by atoms with Crippen molar-refractivity contribution in [2.45, 2.75) is 31.5 Å². The van der Waals surface area contributed by atoms with Gasteiger partial charge in [0.2, 0.25) is 0 Å². The van der Waals surface area contributed by atoms with Crippen LogP contribution in [0.3, 0.4) is 0 Å². The van der Waals surface area contributed by atoms with Crippen LogP contribution in [-0.4, -0.2) is 27.1 Å². The molecule has 8 heteroatoms. The molecule has 34 heavy (non-hydrogen) atoms. The molecule has 1 aromatic heterocycles. The number of imidazole rings is 1. The maximum absolute atomic E-state index is 12.5. The van der Waals surface area contributed by atoms with Gasteiger partial charge in [-0.1, -0.05) is 60.7 Å². The van der Waals surface area contributed by atoms with Gasteiger partial charge in [0.05, 0.1) is 28.9 Å². The van der Waals surface area contributed by atoms with Gasteiger partial charge in [0.1, 0.15) is 0 Å². The van der Waals surface area contributed by atoms with Crippen molar-refractivity contribution in [1.82, 2.24) is 20.2 Å². The number of hydrogen-bond donors (Lipinski definition) is 2. The molecular weight excluding hydrogens is 455 g/mol.